The van der Waals surface area contributed by atoms with Crippen LogP contribution in [0.3, 0.4) is 0 Å². The molecule has 1 amide bonds. The molecule has 0 aromatic rings. The van der Waals surface area contributed by atoms with Crippen molar-refractivity contribution in [2.45, 2.75) is 25.3 Å². The zero-order valence-corrected chi connectivity index (χ0v) is 10.9. The van der Waals surface area contributed by atoms with Gasteiger partial charge in [-0.15, -0.1) is 0 Å². The van der Waals surface area contributed by atoms with Crippen molar-refractivity contribution < 1.29 is 14.3 Å². The lowest BCUT2D eigenvalue weighted by atomic mass is 10.1. The Labute approximate surface area is 103 Å². The average molecular weight is 244 g/mol. The normalized spacial score (nSPS) is 16.9. The Morgan fingerprint density at radius 1 is 1.29 bits per heavy atom. The van der Waals surface area contributed by atoms with E-state index in [9.17, 15) is 4.79 Å². The lowest BCUT2D eigenvalue weighted by Crippen LogP contribution is -2.40. The molecule has 2 N–H and O–H groups in total. The first-order chi connectivity index (χ1) is 8.19. The van der Waals surface area contributed by atoms with Gasteiger partial charge in [-0.1, -0.05) is 0 Å². The largest absolute Gasteiger partial charge is 0.383 e. The molecule has 0 aromatic carbocycles. The van der Waals surface area contributed by atoms with Gasteiger partial charge in [-0.05, 0) is 18.8 Å². The number of nitrogens with zero attached hydrogens (tertiary/aromatic N) is 1. The molecule has 1 unspecified atom stereocenters. The fourth-order valence-corrected chi connectivity index (χ4v) is 1.79. The van der Waals surface area contributed by atoms with E-state index in [2.05, 4.69) is 0 Å². The Morgan fingerprint density at radius 2 is 1.82 bits per heavy atom. The number of hydrogen-bond donors (Lipinski definition) is 1. The van der Waals surface area contributed by atoms with E-state index in [-0.39, 0.29) is 11.9 Å². The molecule has 0 radical (unpaired) electrons. The van der Waals surface area contributed by atoms with Gasteiger partial charge in [0.15, 0.2) is 0 Å². The van der Waals surface area contributed by atoms with E-state index in [1.165, 1.54) is 12.8 Å². The molecule has 5 heteroatoms. The molecule has 1 saturated carbocycles. The van der Waals surface area contributed by atoms with Crippen LogP contribution in [-0.4, -0.2) is 57.4 Å². The van der Waals surface area contributed by atoms with E-state index in [0.717, 1.165) is 0 Å². The Bertz CT molecular complexity index is 224. The minimum absolute atomic E-state index is 0.0232. The van der Waals surface area contributed by atoms with Gasteiger partial charge in [0, 0.05) is 39.8 Å². The number of nitrogens with two attached hydrogens (primary N) is 1. The minimum Gasteiger partial charge on any atom is -0.383 e. The highest BCUT2D eigenvalue weighted by atomic mass is 16.5. The third kappa shape index (κ3) is 5.48. The molecule has 1 rings (SSSR count). The van der Waals surface area contributed by atoms with Gasteiger partial charge in [0.2, 0.25) is 5.91 Å². The molecule has 0 aromatic heterocycles. The number of amides is 1. The van der Waals surface area contributed by atoms with Crippen LogP contribution in [0.5, 0.6) is 0 Å². The molecule has 1 atom stereocenters. The van der Waals surface area contributed by atoms with Gasteiger partial charge < -0.3 is 20.1 Å². The average Bonchev–Trinajstić information content (AvgIpc) is 3.12. The SMILES string of the molecule is COCCN(CCOC)C(=O)CC(N)C1CC1. The van der Waals surface area contributed by atoms with Crippen LogP contribution in [0.4, 0.5) is 0 Å². The van der Waals surface area contributed by atoms with E-state index >= 15 is 0 Å². The predicted molar refractivity (Wildman–Crippen MR) is 65.6 cm³/mol. The van der Waals surface area contributed by atoms with Crippen LogP contribution >= 0.6 is 0 Å². The van der Waals surface area contributed by atoms with Gasteiger partial charge >= 0.3 is 0 Å². The number of carbonyl (C=O) groups excluding carboxylic acids is 1. The summed E-state index contributed by atoms with van der Waals surface area (Å²) in [7, 11) is 3.27. The lowest BCUT2D eigenvalue weighted by Gasteiger charge is -2.23. The van der Waals surface area contributed by atoms with Gasteiger partial charge in [-0.2, -0.15) is 0 Å². The van der Waals surface area contributed by atoms with Gasteiger partial charge in [-0.3, -0.25) is 4.79 Å². The van der Waals surface area contributed by atoms with Crippen molar-refractivity contribution in [2.75, 3.05) is 40.5 Å². The van der Waals surface area contributed by atoms with E-state index < -0.39 is 0 Å². The van der Waals surface area contributed by atoms with Gasteiger partial charge in [0.1, 0.15) is 0 Å². The lowest BCUT2D eigenvalue weighted by molar-refractivity contribution is -0.133. The van der Waals surface area contributed by atoms with Crippen molar-refractivity contribution in [3.63, 3.8) is 0 Å². The molecule has 0 saturated heterocycles. The quantitative estimate of drug-likeness (QED) is 0.631. The molecular weight excluding hydrogens is 220 g/mol. The van der Waals surface area contributed by atoms with E-state index in [1.807, 2.05) is 0 Å². The highest BCUT2D eigenvalue weighted by Crippen LogP contribution is 2.32. The molecule has 1 fully saturated rings. The molecule has 0 aliphatic heterocycles. The van der Waals surface area contributed by atoms with Gasteiger partial charge in [-0.25, -0.2) is 0 Å². The maximum atomic E-state index is 12.0. The summed E-state index contributed by atoms with van der Waals surface area (Å²) in [5.41, 5.74) is 5.97. The summed E-state index contributed by atoms with van der Waals surface area (Å²) >= 11 is 0. The zero-order chi connectivity index (χ0) is 12.7. The van der Waals surface area contributed by atoms with Crippen LogP contribution in [0.1, 0.15) is 19.3 Å². The van der Waals surface area contributed by atoms with Crippen LogP contribution in [0.2, 0.25) is 0 Å². The summed E-state index contributed by atoms with van der Waals surface area (Å²) in [5.74, 6) is 0.671. The summed E-state index contributed by atoms with van der Waals surface area (Å²) in [6, 6.07) is 0.0232. The molecule has 100 valence electrons. The summed E-state index contributed by atoms with van der Waals surface area (Å²) in [5, 5.41) is 0. The molecule has 0 bridgehead atoms. The number of methoxy groups -OCH3 is 2. The summed E-state index contributed by atoms with van der Waals surface area (Å²) in [4.78, 5) is 13.8. The van der Waals surface area contributed by atoms with Crippen LogP contribution in [0.25, 0.3) is 0 Å². The van der Waals surface area contributed by atoms with Crippen LogP contribution in [0.15, 0.2) is 0 Å². The topological polar surface area (TPSA) is 64.8 Å². The Hall–Kier alpha value is -0.650. The maximum Gasteiger partial charge on any atom is 0.224 e. The second-order valence-electron chi connectivity index (χ2n) is 4.57. The second-order valence-corrected chi connectivity index (χ2v) is 4.57. The molecular formula is C12H24N2O3. The fourth-order valence-electron chi connectivity index (χ4n) is 1.79. The highest BCUT2D eigenvalue weighted by Gasteiger charge is 2.30. The number of carbonyl (C=O) groups is 1. The van der Waals surface area contributed by atoms with Gasteiger partial charge in [0.25, 0.3) is 0 Å². The number of ether oxygens (including phenoxy) is 2. The Balaban J connectivity index is 2.33. The van der Waals surface area contributed by atoms with E-state index in [4.69, 9.17) is 15.2 Å². The van der Waals surface area contributed by atoms with Crippen molar-refractivity contribution in [3.05, 3.63) is 0 Å². The standard InChI is InChI=1S/C12H24N2O3/c1-16-7-5-14(6-8-17-2)12(15)9-11(13)10-3-4-10/h10-11H,3-9,13H2,1-2H3. The molecule has 0 spiro atoms. The molecule has 1 aliphatic rings. The second kappa shape index (κ2) is 7.63. The van der Waals surface area contributed by atoms with Crippen LogP contribution in [0, 0.1) is 5.92 Å². The van der Waals surface area contributed by atoms with Crippen molar-refractivity contribution in [2.24, 2.45) is 11.7 Å². The smallest absolute Gasteiger partial charge is 0.224 e. The maximum absolute atomic E-state index is 12.0. The summed E-state index contributed by atoms with van der Waals surface area (Å²) in [6.45, 7) is 2.31. The first-order valence-electron chi connectivity index (χ1n) is 6.20. The summed E-state index contributed by atoms with van der Waals surface area (Å²) < 4.78 is 10.0. The van der Waals surface area contributed by atoms with Crippen molar-refractivity contribution in [3.8, 4) is 0 Å². The molecule has 1 aliphatic carbocycles. The zero-order valence-electron chi connectivity index (χ0n) is 10.9. The minimum atomic E-state index is 0.0232. The third-order valence-electron chi connectivity index (χ3n) is 3.12. The Morgan fingerprint density at radius 3 is 2.24 bits per heavy atom. The number of hydrogen-bond acceptors (Lipinski definition) is 4. The predicted octanol–water partition coefficient (Wildman–Crippen LogP) is 0.235. The van der Waals surface area contributed by atoms with Crippen LogP contribution < -0.4 is 5.73 Å². The molecule has 0 heterocycles. The first kappa shape index (κ1) is 14.4. The van der Waals surface area contributed by atoms with Crippen LogP contribution in [-0.2, 0) is 14.3 Å². The van der Waals surface area contributed by atoms with Crippen molar-refractivity contribution in [1.29, 1.82) is 0 Å². The Kier molecular flexibility index (Phi) is 6.47. The van der Waals surface area contributed by atoms with Gasteiger partial charge in [0.05, 0.1) is 13.2 Å². The van der Waals surface area contributed by atoms with E-state index in [1.54, 1.807) is 19.1 Å². The monoisotopic (exact) mass is 244 g/mol. The van der Waals surface area contributed by atoms with Crippen molar-refractivity contribution in [1.82, 2.24) is 4.90 Å². The third-order valence-corrected chi connectivity index (χ3v) is 3.12. The van der Waals surface area contributed by atoms with E-state index in [0.29, 0.717) is 38.6 Å². The fraction of sp³-hybridized carbons (Fsp3) is 0.917. The summed E-state index contributed by atoms with van der Waals surface area (Å²) in [6.07, 6.45) is 2.78. The first-order valence-corrected chi connectivity index (χ1v) is 6.20. The highest BCUT2D eigenvalue weighted by molar-refractivity contribution is 5.76. The molecule has 17 heavy (non-hydrogen) atoms. The van der Waals surface area contributed by atoms with Crippen molar-refractivity contribution >= 4 is 5.91 Å². The number of rotatable bonds is 9. The molecule has 5 nitrogen and oxygen atoms in total.